The standard InChI is InChI=1S/C18H20N6O2/c1-13(25)19-9-10-21-18-20-8-7-15(23-18)14-11-22-24(12-14)16-5-3-4-6-17(16)26-2/h3-8,11-12H,9-10H2,1-2H3,(H,19,25)(H,20,21,23). The zero-order valence-electron chi connectivity index (χ0n) is 14.6. The van der Waals surface area contributed by atoms with Gasteiger partial charge in [-0.05, 0) is 18.2 Å². The highest BCUT2D eigenvalue weighted by molar-refractivity contribution is 5.72. The van der Waals surface area contributed by atoms with E-state index in [9.17, 15) is 4.79 Å². The van der Waals surface area contributed by atoms with Crippen molar-refractivity contribution in [1.82, 2.24) is 25.1 Å². The Balaban J connectivity index is 1.75. The van der Waals surface area contributed by atoms with E-state index in [4.69, 9.17) is 4.74 Å². The summed E-state index contributed by atoms with van der Waals surface area (Å²) in [6.45, 7) is 2.54. The van der Waals surface area contributed by atoms with E-state index in [1.807, 2.05) is 36.5 Å². The highest BCUT2D eigenvalue weighted by Gasteiger charge is 2.09. The van der Waals surface area contributed by atoms with E-state index in [-0.39, 0.29) is 5.91 Å². The number of anilines is 1. The van der Waals surface area contributed by atoms with Crippen molar-refractivity contribution in [2.24, 2.45) is 0 Å². The number of nitrogens with one attached hydrogen (secondary N) is 2. The monoisotopic (exact) mass is 352 g/mol. The highest BCUT2D eigenvalue weighted by atomic mass is 16.5. The largest absolute Gasteiger partial charge is 0.494 e. The Kier molecular flexibility index (Phi) is 5.43. The van der Waals surface area contributed by atoms with E-state index in [2.05, 4.69) is 25.7 Å². The topological polar surface area (TPSA) is 94.0 Å². The summed E-state index contributed by atoms with van der Waals surface area (Å²) in [6.07, 6.45) is 5.32. The van der Waals surface area contributed by atoms with Crippen LogP contribution in [0.15, 0.2) is 48.9 Å². The molecule has 0 fully saturated rings. The normalized spacial score (nSPS) is 10.4. The average molecular weight is 352 g/mol. The van der Waals surface area contributed by atoms with Crippen molar-refractivity contribution in [2.45, 2.75) is 6.92 Å². The molecule has 1 amide bonds. The number of hydrogen-bond acceptors (Lipinski definition) is 6. The first kappa shape index (κ1) is 17.4. The second-order valence-electron chi connectivity index (χ2n) is 5.52. The minimum atomic E-state index is -0.0646. The molecule has 0 saturated carbocycles. The molecule has 0 bridgehead atoms. The van der Waals surface area contributed by atoms with Gasteiger partial charge in [-0.15, -0.1) is 0 Å². The quantitative estimate of drug-likeness (QED) is 0.631. The summed E-state index contributed by atoms with van der Waals surface area (Å²) in [4.78, 5) is 19.6. The molecule has 26 heavy (non-hydrogen) atoms. The van der Waals surface area contributed by atoms with Crippen molar-refractivity contribution in [2.75, 3.05) is 25.5 Å². The smallest absolute Gasteiger partial charge is 0.223 e. The third kappa shape index (κ3) is 4.15. The summed E-state index contributed by atoms with van der Waals surface area (Å²) in [5.74, 6) is 1.17. The van der Waals surface area contributed by atoms with Gasteiger partial charge in [0.2, 0.25) is 11.9 Å². The van der Waals surface area contributed by atoms with Gasteiger partial charge in [-0.3, -0.25) is 4.79 Å². The first-order valence-electron chi connectivity index (χ1n) is 8.17. The fourth-order valence-corrected chi connectivity index (χ4v) is 2.42. The van der Waals surface area contributed by atoms with Gasteiger partial charge in [-0.25, -0.2) is 14.6 Å². The molecule has 3 rings (SSSR count). The summed E-state index contributed by atoms with van der Waals surface area (Å²) in [5, 5.41) is 10.2. The average Bonchev–Trinajstić information content (AvgIpc) is 3.15. The predicted molar refractivity (Wildman–Crippen MR) is 98.3 cm³/mol. The Morgan fingerprint density at radius 1 is 1.23 bits per heavy atom. The van der Waals surface area contributed by atoms with Crippen molar-refractivity contribution < 1.29 is 9.53 Å². The van der Waals surface area contributed by atoms with Crippen molar-refractivity contribution >= 4 is 11.9 Å². The SMILES string of the molecule is COc1ccccc1-n1cc(-c2ccnc(NCCNC(C)=O)n2)cn1. The molecule has 1 aromatic carbocycles. The predicted octanol–water partition coefficient (Wildman–Crippen LogP) is 1.89. The van der Waals surface area contributed by atoms with E-state index in [1.165, 1.54) is 6.92 Å². The molecule has 0 saturated heterocycles. The van der Waals surface area contributed by atoms with Gasteiger partial charge in [-0.2, -0.15) is 5.10 Å². The fraction of sp³-hybridized carbons (Fsp3) is 0.222. The molecule has 0 aliphatic rings. The lowest BCUT2D eigenvalue weighted by atomic mass is 10.2. The number of nitrogens with zero attached hydrogens (tertiary/aromatic N) is 4. The Bertz CT molecular complexity index is 893. The lowest BCUT2D eigenvalue weighted by molar-refractivity contribution is -0.118. The Hall–Kier alpha value is -3.42. The zero-order chi connectivity index (χ0) is 18.4. The van der Waals surface area contributed by atoms with Crippen LogP contribution in [0.3, 0.4) is 0 Å². The zero-order valence-corrected chi connectivity index (χ0v) is 14.6. The molecular weight excluding hydrogens is 332 g/mol. The van der Waals surface area contributed by atoms with Crippen LogP contribution in [-0.4, -0.2) is 45.9 Å². The van der Waals surface area contributed by atoms with Crippen LogP contribution in [0, 0.1) is 0 Å². The maximum Gasteiger partial charge on any atom is 0.223 e. The van der Waals surface area contributed by atoms with Crippen LogP contribution >= 0.6 is 0 Å². The number of aromatic nitrogens is 4. The van der Waals surface area contributed by atoms with E-state index in [0.717, 1.165) is 22.7 Å². The summed E-state index contributed by atoms with van der Waals surface area (Å²) in [7, 11) is 1.63. The molecule has 0 atom stereocenters. The number of benzene rings is 1. The van der Waals surface area contributed by atoms with Crippen molar-refractivity contribution in [3.8, 4) is 22.7 Å². The molecule has 0 unspecified atom stereocenters. The molecule has 0 radical (unpaired) electrons. The molecule has 8 heteroatoms. The van der Waals surface area contributed by atoms with Gasteiger partial charge in [0, 0.05) is 38.0 Å². The molecule has 0 aliphatic carbocycles. The summed E-state index contributed by atoms with van der Waals surface area (Å²) in [5.41, 5.74) is 2.47. The third-order valence-electron chi connectivity index (χ3n) is 3.65. The number of hydrogen-bond donors (Lipinski definition) is 2. The molecule has 2 N–H and O–H groups in total. The van der Waals surface area contributed by atoms with E-state index in [0.29, 0.717) is 19.0 Å². The minimum Gasteiger partial charge on any atom is -0.494 e. The van der Waals surface area contributed by atoms with Gasteiger partial charge in [0.05, 0.1) is 19.0 Å². The Morgan fingerprint density at radius 2 is 2.08 bits per heavy atom. The fourth-order valence-electron chi connectivity index (χ4n) is 2.42. The molecule has 0 aliphatic heterocycles. The Labute approximate surface area is 151 Å². The minimum absolute atomic E-state index is 0.0646. The van der Waals surface area contributed by atoms with E-state index < -0.39 is 0 Å². The molecule has 3 aromatic rings. The molecule has 0 spiro atoms. The van der Waals surface area contributed by atoms with E-state index in [1.54, 1.807) is 24.2 Å². The first-order valence-corrected chi connectivity index (χ1v) is 8.17. The van der Waals surface area contributed by atoms with Crippen LogP contribution in [0.25, 0.3) is 16.9 Å². The second kappa shape index (κ2) is 8.11. The molecule has 2 aromatic heterocycles. The molecular formula is C18H20N6O2. The van der Waals surface area contributed by atoms with Gasteiger partial charge in [0.1, 0.15) is 11.4 Å². The molecule has 2 heterocycles. The number of carbonyl (C=O) groups is 1. The van der Waals surface area contributed by atoms with Gasteiger partial charge >= 0.3 is 0 Å². The van der Waals surface area contributed by atoms with Crippen molar-refractivity contribution in [1.29, 1.82) is 0 Å². The van der Waals surface area contributed by atoms with Gasteiger partial charge in [0.25, 0.3) is 0 Å². The summed E-state index contributed by atoms with van der Waals surface area (Å²) < 4.78 is 7.13. The van der Waals surface area contributed by atoms with Crippen LogP contribution in [0.2, 0.25) is 0 Å². The maximum atomic E-state index is 10.9. The first-order chi connectivity index (χ1) is 12.7. The number of methoxy groups -OCH3 is 1. The van der Waals surface area contributed by atoms with Gasteiger partial charge < -0.3 is 15.4 Å². The highest BCUT2D eigenvalue weighted by Crippen LogP contribution is 2.24. The molecule has 134 valence electrons. The third-order valence-corrected chi connectivity index (χ3v) is 3.65. The van der Waals surface area contributed by atoms with Gasteiger partial charge in [0.15, 0.2) is 0 Å². The van der Waals surface area contributed by atoms with Crippen LogP contribution in [-0.2, 0) is 4.79 Å². The lowest BCUT2D eigenvalue weighted by Crippen LogP contribution is -2.26. The Morgan fingerprint density at radius 3 is 2.88 bits per heavy atom. The molecule has 8 nitrogen and oxygen atoms in total. The number of amides is 1. The van der Waals surface area contributed by atoms with Crippen LogP contribution in [0.4, 0.5) is 5.95 Å². The van der Waals surface area contributed by atoms with Crippen LogP contribution < -0.4 is 15.4 Å². The van der Waals surface area contributed by atoms with Gasteiger partial charge in [-0.1, -0.05) is 12.1 Å². The summed E-state index contributed by atoms with van der Waals surface area (Å²) in [6, 6.07) is 9.49. The van der Waals surface area contributed by atoms with E-state index >= 15 is 0 Å². The number of ether oxygens (including phenoxy) is 1. The lowest BCUT2D eigenvalue weighted by Gasteiger charge is -2.07. The van der Waals surface area contributed by atoms with Crippen molar-refractivity contribution in [3.63, 3.8) is 0 Å². The number of para-hydroxylation sites is 2. The number of carbonyl (C=O) groups excluding carboxylic acids is 1. The second-order valence-corrected chi connectivity index (χ2v) is 5.52. The number of rotatable bonds is 7. The maximum absolute atomic E-state index is 10.9. The van der Waals surface area contributed by atoms with Crippen LogP contribution in [0.1, 0.15) is 6.92 Å². The van der Waals surface area contributed by atoms with Crippen LogP contribution in [0.5, 0.6) is 5.75 Å². The van der Waals surface area contributed by atoms with Crippen molar-refractivity contribution in [3.05, 3.63) is 48.9 Å². The summed E-state index contributed by atoms with van der Waals surface area (Å²) >= 11 is 0.